The van der Waals surface area contributed by atoms with Gasteiger partial charge in [-0.2, -0.15) is 0 Å². The molecule has 0 aromatic heterocycles. The molecule has 22 heavy (non-hydrogen) atoms. The first-order valence-corrected chi connectivity index (χ1v) is 7.48. The maximum Gasteiger partial charge on any atom is 0.203 e. The van der Waals surface area contributed by atoms with Crippen molar-refractivity contribution in [1.82, 2.24) is 10.6 Å². The number of guanidine groups is 1. The quantitative estimate of drug-likeness (QED) is 0.591. The Balaban J connectivity index is 1.99. The van der Waals surface area contributed by atoms with E-state index in [0.717, 1.165) is 24.5 Å². The van der Waals surface area contributed by atoms with Gasteiger partial charge in [0.1, 0.15) is 0 Å². The molecule has 0 saturated heterocycles. The van der Waals surface area contributed by atoms with Crippen LogP contribution in [0.3, 0.4) is 0 Å². The van der Waals surface area contributed by atoms with Crippen LogP contribution in [0.4, 0.5) is 0 Å². The molecule has 0 radical (unpaired) electrons. The van der Waals surface area contributed by atoms with Crippen molar-refractivity contribution in [1.29, 1.82) is 0 Å². The van der Waals surface area contributed by atoms with E-state index >= 15 is 0 Å². The van der Waals surface area contributed by atoms with E-state index in [1.807, 2.05) is 12.1 Å². The number of methoxy groups -OCH3 is 3. The Labute approximate surface area is 131 Å². The Morgan fingerprint density at radius 3 is 2.41 bits per heavy atom. The standard InChI is InChI=1S/C16H25N3O3/c1-17-16(19-12-6-7-12)18-10-9-11-5-8-13(20-2)15(22-4)14(11)21-3/h5,8,12H,6-7,9-10H2,1-4H3,(H2,17,18,19). The number of benzene rings is 1. The molecule has 6 heteroatoms. The molecular formula is C16H25N3O3. The monoisotopic (exact) mass is 307 g/mol. The Hall–Kier alpha value is -2.11. The van der Waals surface area contributed by atoms with Gasteiger partial charge in [-0.1, -0.05) is 6.07 Å². The fourth-order valence-corrected chi connectivity index (χ4v) is 2.29. The lowest BCUT2D eigenvalue weighted by molar-refractivity contribution is 0.322. The molecule has 1 aromatic rings. The molecule has 0 bridgehead atoms. The van der Waals surface area contributed by atoms with Gasteiger partial charge in [-0.25, -0.2) is 0 Å². The topological polar surface area (TPSA) is 64.1 Å². The van der Waals surface area contributed by atoms with Crippen LogP contribution in [0.5, 0.6) is 17.2 Å². The number of ether oxygens (including phenoxy) is 3. The molecule has 1 aliphatic rings. The first-order valence-electron chi connectivity index (χ1n) is 7.48. The maximum absolute atomic E-state index is 5.49. The van der Waals surface area contributed by atoms with E-state index in [0.29, 0.717) is 23.3 Å². The van der Waals surface area contributed by atoms with Gasteiger partial charge >= 0.3 is 0 Å². The van der Waals surface area contributed by atoms with Crippen molar-refractivity contribution >= 4 is 5.96 Å². The smallest absolute Gasteiger partial charge is 0.203 e. The zero-order valence-electron chi connectivity index (χ0n) is 13.7. The number of hydrogen-bond acceptors (Lipinski definition) is 4. The van der Waals surface area contributed by atoms with Gasteiger partial charge in [0.2, 0.25) is 5.75 Å². The van der Waals surface area contributed by atoms with E-state index in [1.54, 1.807) is 28.4 Å². The summed E-state index contributed by atoms with van der Waals surface area (Å²) < 4.78 is 16.2. The third-order valence-electron chi connectivity index (χ3n) is 3.61. The summed E-state index contributed by atoms with van der Waals surface area (Å²) in [6.45, 7) is 0.762. The molecule has 0 aliphatic heterocycles. The summed E-state index contributed by atoms with van der Waals surface area (Å²) in [5.74, 6) is 2.86. The van der Waals surface area contributed by atoms with Crippen molar-refractivity contribution in [3.05, 3.63) is 17.7 Å². The van der Waals surface area contributed by atoms with E-state index in [9.17, 15) is 0 Å². The second-order valence-electron chi connectivity index (χ2n) is 5.16. The number of hydrogen-bond donors (Lipinski definition) is 2. The van der Waals surface area contributed by atoms with Gasteiger partial charge in [0.05, 0.1) is 21.3 Å². The molecule has 0 heterocycles. The van der Waals surface area contributed by atoms with Crippen LogP contribution in [0.2, 0.25) is 0 Å². The fourth-order valence-electron chi connectivity index (χ4n) is 2.29. The van der Waals surface area contributed by atoms with Gasteiger partial charge in [0.25, 0.3) is 0 Å². The first kappa shape index (κ1) is 16.3. The third kappa shape index (κ3) is 3.96. The molecule has 0 spiro atoms. The van der Waals surface area contributed by atoms with Gasteiger partial charge in [-0.3, -0.25) is 4.99 Å². The molecule has 1 aromatic carbocycles. The predicted molar refractivity (Wildman–Crippen MR) is 87.3 cm³/mol. The molecule has 1 fully saturated rings. The Morgan fingerprint density at radius 1 is 1.14 bits per heavy atom. The summed E-state index contributed by atoms with van der Waals surface area (Å²) in [6.07, 6.45) is 3.25. The molecule has 1 saturated carbocycles. The summed E-state index contributed by atoms with van der Waals surface area (Å²) in [6, 6.07) is 4.48. The van der Waals surface area contributed by atoms with Gasteiger partial charge in [0.15, 0.2) is 17.5 Å². The zero-order valence-corrected chi connectivity index (χ0v) is 13.7. The van der Waals surface area contributed by atoms with Crippen molar-refractivity contribution in [3.63, 3.8) is 0 Å². The van der Waals surface area contributed by atoms with Crippen molar-refractivity contribution < 1.29 is 14.2 Å². The van der Waals surface area contributed by atoms with Crippen LogP contribution in [0.1, 0.15) is 18.4 Å². The predicted octanol–water partition coefficient (Wildman–Crippen LogP) is 1.58. The lowest BCUT2D eigenvalue weighted by atomic mass is 10.1. The molecule has 0 atom stereocenters. The molecule has 122 valence electrons. The van der Waals surface area contributed by atoms with E-state index in [4.69, 9.17) is 14.2 Å². The summed E-state index contributed by atoms with van der Waals surface area (Å²) in [4.78, 5) is 4.22. The van der Waals surface area contributed by atoms with Crippen molar-refractivity contribution in [3.8, 4) is 17.2 Å². The first-order chi connectivity index (χ1) is 10.7. The second kappa shape index (κ2) is 7.77. The van der Waals surface area contributed by atoms with Gasteiger partial charge in [0, 0.05) is 25.2 Å². The number of rotatable bonds is 7. The lowest BCUT2D eigenvalue weighted by Crippen LogP contribution is -2.39. The van der Waals surface area contributed by atoms with E-state index in [1.165, 1.54) is 12.8 Å². The minimum Gasteiger partial charge on any atom is -0.493 e. The SMILES string of the molecule is CN=C(NCCc1ccc(OC)c(OC)c1OC)NC1CC1. The number of nitrogens with one attached hydrogen (secondary N) is 2. The van der Waals surface area contributed by atoms with Crippen LogP contribution in [0.25, 0.3) is 0 Å². The van der Waals surface area contributed by atoms with Crippen LogP contribution >= 0.6 is 0 Å². The number of aliphatic imine (C=N–C) groups is 1. The largest absolute Gasteiger partial charge is 0.493 e. The van der Waals surface area contributed by atoms with Crippen LogP contribution in [0, 0.1) is 0 Å². The number of nitrogens with zero attached hydrogens (tertiary/aromatic N) is 1. The molecule has 0 amide bonds. The summed E-state index contributed by atoms with van der Waals surface area (Å²) >= 11 is 0. The minimum absolute atomic E-state index is 0.585. The van der Waals surface area contributed by atoms with Gasteiger partial charge in [-0.05, 0) is 25.3 Å². The molecule has 6 nitrogen and oxygen atoms in total. The molecule has 2 N–H and O–H groups in total. The highest BCUT2D eigenvalue weighted by Gasteiger charge is 2.22. The normalized spacial score (nSPS) is 14.5. The third-order valence-corrected chi connectivity index (χ3v) is 3.61. The molecular weight excluding hydrogens is 282 g/mol. The second-order valence-corrected chi connectivity index (χ2v) is 5.16. The van der Waals surface area contributed by atoms with E-state index in [2.05, 4.69) is 15.6 Å². The Kier molecular flexibility index (Phi) is 5.75. The summed E-state index contributed by atoms with van der Waals surface area (Å²) in [5.41, 5.74) is 1.06. The minimum atomic E-state index is 0.585. The molecule has 0 unspecified atom stereocenters. The molecule has 1 aliphatic carbocycles. The zero-order chi connectivity index (χ0) is 15.9. The summed E-state index contributed by atoms with van der Waals surface area (Å²) in [5, 5.41) is 6.68. The van der Waals surface area contributed by atoms with Crippen LogP contribution in [-0.4, -0.2) is 46.9 Å². The highest BCUT2D eigenvalue weighted by atomic mass is 16.5. The average molecular weight is 307 g/mol. The fraction of sp³-hybridized carbons (Fsp3) is 0.562. The van der Waals surface area contributed by atoms with Crippen molar-refractivity contribution in [2.24, 2.45) is 4.99 Å². The van der Waals surface area contributed by atoms with Crippen molar-refractivity contribution in [2.45, 2.75) is 25.3 Å². The van der Waals surface area contributed by atoms with E-state index in [-0.39, 0.29) is 0 Å². The summed E-state index contributed by atoms with van der Waals surface area (Å²) in [7, 11) is 6.66. The highest BCUT2D eigenvalue weighted by Crippen LogP contribution is 2.39. The van der Waals surface area contributed by atoms with Crippen molar-refractivity contribution in [2.75, 3.05) is 34.9 Å². The van der Waals surface area contributed by atoms with Gasteiger partial charge < -0.3 is 24.8 Å². The Bertz CT molecular complexity index is 528. The van der Waals surface area contributed by atoms with Crippen LogP contribution in [-0.2, 0) is 6.42 Å². The van der Waals surface area contributed by atoms with E-state index < -0.39 is 0 Å². The molecule has 2 rings (SSSR count). The Morgan fingerprint density at radius 2 is 1.86 bits per heavy atom. The van der Waals surface area contributed by atoms with Crippen LogP contribution < -0.4 is 24.8 Å². The maximum atomic E-state index is 5.49. The highest BCUT2D eigenvalue weighted by molar-refractivity contribution is 5.80. The van der Waals surface area contributed by atoms with Gasteiger partial charge in [-0.15, -0.1) is 0 Å². The average Bonchev–Trinajstić information content (AvgIpc) is 3.36. The van der Waals surface area contributed by atoms with Crippen LogP contribution in [0.15, 0.2) is 17.1 Å². The lowest BCUT2D eigenvalue weighted by Gasteiger charge is -2.16.